The summed E-state index contributed by atoms with van der Waals surface area (Å²) in [6.07, 6.45) is 3.52. The standard InChI is InChI=1S/C8H16O2.H2O/c1-3-5-6-7(4-2)8(9)10;/h7H,3-6H2,1-2H3,(H,9,10);1H2/p-2. The van der Waals surface area contributed by atoms with Gasteiger partial charge in [-0.15, -0.1) is 0 Å². The van der Waals surface area contributed by atoms with E-state index in [0.29, 0.717) is 6.42 Å². The number of carbonyl (C=O) groups is 1. The van der Waals surface area contributed by atoms with Crippen molar-refractivity contribution in [2.24, 2.45) is 5.92 Å². The van der Waals surface area contributed by atoms with E-state index in [1.54, 1.807) is 0 Å². The largest absolute Gasteiger partial charge is 0.870 e. The molecule has 1 unspecified atom stereocenters. The summed E-state index contributed by atoms with van der Waals surface area (Å²) in [4.78, 5) is 10.3. The van der Waals surface area contributed by atoms with Crippen molar-refractivity contribution in [1.29, 1.82) is 0 Å². The molecule has 3 nitrogen and oxygen atoms in total. The van der Waals surface area contributed by atoms with Crippen LogP contribution >= 0.6 is 0 Å². The van der Waals surface area contributed by atoms with Crippen LogP contribution in [0.15, 0.2) is 0 Å². The lowest BCUT2D eigenvalue weighted by Gasteiger charge is -2.14. The van der Waals surface area contributed by atoms with Crippen molar-refractivity contribution in [2.45, 2.75) is 39.5 Å². The highest BCUT2D eigenvalue weighted by atomic mass is 16.4. The van der Waals surface area contributed by atoms with Gasteiger partial charge in [0.05, 0.1) is 0 Å². The number of carbonyl (C=O) groups excluding carboxylic acids is 1. The van der Waals surface area contributed by atoms with Crippen LogP contribution in [0.25, 0.3) is 0 Å². The third-order valence-electron chi connectivity index (χ3n) is 1.73. The van der Waals surface area contributed by atoms with Crippen molar-refractivity contribution in [1.82, 2.24) is 0 Å². The molecule has 0 spiro atoms. The van der Waals surface area contributed by atoms with E-state index < -0.39 is 5.97 Å². The van der Waals surface area contributed by atoms with Crippen molar-refractivity contribution < 1.29 is 15.4 Å². The van der Waals surface area contributed by atoms with Crippen LogP contribution in [0.1, 0.15) is 39.5 Å². The van der Waals surface area contributed by atoms with E-state index in [-0.39, 0.29) is 11.4 Å². The summed E-state index contributed by atoms with van der Waals surface area (Å²) in [6, 6.07) is 0. The fourth-order valence-corrected chi connectivity index (χ4v) is 0.939. The van der Waals surface area contributed by atoms with E-state index >= 15 is 0 Å². The third kappa shape index (κ3) is 5.85. The summed E-state index contributed by atoms with van der Waals surface area (Å²) in [7, 11) is 0. The molecule has 0 aliphatic carbocycles. The van der Waals surface area contributed by atoms with Gasteiger partial charge in [0.2, 0.25) is 0 Å². The molecule has 3 heteroatoms. The molecule has 0 heterocycles. The van der Waals surface area contributed by atoms with Gasteiger partial charge in [0.1, 0.15) is 0 Å². The van der Waals surface area contributed by atoms with Gasteiger partial charge in [-0.2, -0.15) is 0 Å². The molecule has 0 aliphatic rings. The summed E-state index contributed by atoms with van der Waals surface area (Å²) < 4.78 is 0. The molecule has 0 aromatic rings. The average molecular weight is 160 g/mol. The molecule has 0 aromatic carbocycles. The normalized spacial score (nSPS) is 11.8. The summed E-state index contributed by atoms with van der Waals surface area (Å²) in [5, 5.41) is 10.3. The average Bonchev–Trinajstić information content (AvgIpc) is 1.89. The first kappa shape index (κ1) is 13.1. The zero-order chi connectivity index (χ0) is 7.98. The zero-order valence-corrected chi connectivity index (χ0v) is 7.17. The highest BCUT2D eigenvalue weighted by molar-refractivity contribution is 5.67. The number of aliphatic carboxylic acids is 1. The Morgan fingerprint density at radius 3 is 2.27 bits per heavy atom. The number of rotatable bonds is 5. The van der Waals surface area contributed by atoms with Crippen molar-refractivity contribution >= 4 is 5.97 Å². The Balaban J connectivity index is 0. The van der Waals surface area contributed by atoms with Crippen LogP contribution in [0.2, 0.25) is 0 Å². The minimum Gasteiger partial charge on any atom is -0.870 e. The Morgan fingerprint density at radius 2 is 2.00 bits per heavy atom. The maximum absolute atomic E-state index is 10.3. The Labute approximate surface area is 67.7 Å². The number of hydrogen-bond donors (Lipinski definition) is 0. The lowest BCUT2D eigenvalue weighted by molar-refractivity contribution is -0.311. The van der Waals surface area contributed by atoms with Gasteiger partial charge < -0.3 is 15.4 Å². The van der Waals surface area contributed by atoms with Crippen LogP contribution in [0, 0.1) is 5.92 Å². The molecule has 0 amide bonds. The predicted octanol–water partition coefficient (Wildman–Crippen LogP) is 0.776. The summed E-state index contributed by atoms with van der Waals surface area (Å²) in [5.41, 5.74) is 0. The Bertz CT molecular complexity index is 102. The fourth-order valence-electron chi connectivity index (χ4n) is 0.939. The van der Waals surface area contributed by atoms with Crippen molar-refractivity contribution in [2.75, 3.05) is 0 Å². The molecule has 1 atom stereocenters. The lowest BCUT2D eigenvalue weighted by atomic mass is 10.00. The molecule has 0 fully saturated rings. The van der Waals surface area contributed by atoms with Gasteiger partial charge in [0, 0.05) is 5.97 Å². The van der Waals surface area contributed by atoms with Crippen LogP contribution in [-0.4, -0.2) is 11.4 Å². The molecule has 68 valence electrons. The molecule has 0 saturated heterocycles. The molecular formula is C8H16O3-2. The quantitative estimate of drug-likeness (QED) is 0.596. The second-order valence-corrected chi connectivity index (χ2v) is 2.57. The molecule has 11 heavy (non-hydrogen) atoms. The van der Waals surface area contributed by atoms with Gasteiger partial charge in [-0.25, -0.2) is 0 Å². The maximum Gasteiger partial charge on any atom is 0.0445 e. The summed E-state index contributed by atoms with van der Waals surface area (Å²) in [6.45, 7) is 3.94. The summed E-state index contributed by atoms with van der Waals surface area (Å²) >= 11 is 0. The molecule has 0 aromatic heterocycles. The Hall–Kier alpha value is -0.570. The summed E-state index contributed by atoms with van der Waals surface area (Å²) in [5.74, 6) is -1.11. The molecular weight excluding hydrogens is 144 g/mol. The van der Waals surface area contributed by atoms with E-state index in [2.05, 4.69) is 6.92 Å². The minimum absolute atomic E-state index is 0. The number of carboxylic acid groups (broad SMARTS) is 1. The predicted molar refractivity (Wildman–Crippen MR) is 40.2 cm³/mol. The second-order valence-electron chi connectivity index (χ2n) is 2.57. The maximum atomic E-state index is 10.3. The minimum atomic E-state index is -0.893. The van der Waals surface area contributed by atoms with Gasteiger partial charge in [0.25, 0.3) is 0 Å². The SMILES string of the molecule is CCCCC(CC)C(=O)[O-].[OH-]. The topological polar surface area (TPSA) is 70.1 Å². The van der Waals surface area contributed by atoms with Crippen LogP contribution in [0.3, 0.4) is 0 Å². The van der Waals surface area contributed by atoms with Crippen LogP contribution < -0.4 is 5.11 Å². The lowest BCUT2D eigenvalue weighted by Crippen LogP contribution is -2.30. The van der Waals surface area contributed by atoms with E-state index in [1.807, 2.05) is 6.92 Å². The van der Waals surface area contributed by atoms with E-state index in [9.17, 15) is 9.90 Å². The van der Waals surface area contributed by atoms with Crippen molar-refractivity contribution in [3.63, 3.8) is 0 Å². The molecule has 0 saturated carbocycles. The second kappa shape index (κ2) is 7.54. The number of unbranched alkanes of at least 4 members (excludes halogenated alkanes) is 1. The first-order valence-electron chi connectivity index (χ1n) is 3.93. The van der Waals surface area contributed by atoms with Crippen LogP contribution in [-0.2, 0) is 4.79 Å². The smallest absolute Gasteiger partial charge is 0.0445 e. The van der Waals surface area contributed by atoms with Crippen LogP contribution in [0.5, 0.6) is 0 Å². The van der Waals surface area contributed by atoms with Gasteiger partial charge in [0.15, 0.2) is 0 Å². The molecule has 0 rings (SSSR count). The first-order valence-corrected chi connectivity index (χ1v) is 3.93. The van der Waals surface area contributed by atoms with E-state index in [4.69, 9.17) is 0 Å². The van der Waals surface area contributed by atoms with E-state index in [0.717, 1.165) is 19.3 Å². The molecule has 1 N–H and O–H groups in total. The first-order chi connectivity index (χ1) is 4.72. The molecule has 0 aliphatic heterocycles. The van der Waals surface area contributed by atoms with Crippen molar-refractivity contribution in [3.8, 4) is 0 Å². The van der Waals surface area contributed by atoms with Gasteiger partial charge in [-0.1, -0.05) is 26.7 Å². The van der Waals surface area contributed by atoms with Gasteiger partial charge >= 0.3 is 0 Å². The zero-order valence-electron chi connectivity index (χ0n) is 7.17. The van der Waals surface area contributed by atoms with E-state index in [1.165, 1.54) is 0 Å². The highest BCUT2D eigenvalue weighted by Crippen LogP contribution is 2.10. The van der Waals surface area contributed by atoms with Crippen molar-refractivity contribution in [3.05, 3.63) is 0 Å². The molecule has 0 bridgehead atoms. The third-order valence-corrected chi connectivity index (χ3v) is 1.73. The van der Waals surface area contributed by atoms with Gasteiger partial charge in [-0.3, -0.25) is 0 Å². The van der Waals surface area contributed by atoms with Crippen LogP contribution in [0.4, 0.5) is 0 Å². The monoisotopic (exact) mass is 160 g/mol. The Morgan fingerprint density at radius 1 is 1.45 bits per heavy atom. The van der Waals surface area contributed by atoms with Gasteiger partial charge in [-0.05, 0) is 18.8 Å². The Kier molecular flexibility index (Phi) is 8.94. The molecule has 0 radical (unpaired) electrons. The fraction of sp³-hybridized carbons (Fsp3) is 0.875. The highest BCUT2D eigenvalue weighted by Gasteiger charge is 2.04. The number of carboxylic acids is 1. The number of hydrogen-bond acceptors (Lipinski definition) is 3.